The van der Waals surface area contributed by atoms with Gasteiger partial charge in [-0.15, -0.1) is 0 Å². The lowest BCUT2D eigenvalue weighted by atomic mass is 10.00. The van der Waals surface area contributed by atoms with E-state index in [4.69, 9.17) is 5.73 Å². The number of hydrogen-bond donors (Lipinski definition) is 4. The Hall–Kier alpha value is -3.51. The maximum atomic E-state index is 13.6. The minimum absolute atomic E-state index is 0.0667. The SMILES string of the molecule is CC(C)C[C@@H](C(=O)N(C)[C@@H](C)C(=O)N(C)[C@@H](Cc1ccccc1)C(=O)N[C@@H](CO)C(=O)O)N(C)C(=O)[C@@H](C)N. The van der Waals surface area contributed by atoms with Crippen LogP contribution in [0.1, 0.15) is 39.7 Å². The second-order valence-electron chi connectivity index (χ2n) is 10.2. The smallest absolute Gasteiger partial charge is 0.328 e. The topological polar surface area (TPSA) is 174 Å². The summed E-state index contributed by atoms with van der Waals surface area (Å²) in [5.74, 6) is -3.55. The van der Waals surface area contributed by atoms with Gasteiger partial charge in [-0.3, -0.25) is 19.2 Å². The second kappa shape index (κ2) is 15.2. The molecule has 0 aliphatic heterocycles. The Morgan fingerprint density at radius 3 is 1.85 bits per heavy atom. The normalized spacial score (nSPS) is 14.9. The monoisotopic (exact) mass is 549 g/mol. The van der Waals surface area contributed by atoms with Gasteiger partial charge in [-0.2, -0.15) is 0 Å². The van der Waals surface area contributed by atoms with E-state index in [1.165, 1.54) is 49.7 Å². The molecule has 0 aromatic heterocycles. The van der Waals surface area contributed by atoms with Crippen molar-refractivity contribution in [3.8, 4) is 0 Å². The molecule has 12 nitrogen and oxygen atoms in total. The van der Waals surface area contributed by atoms with Gasteiger partial charge in [0.1, 0.15) is 24.2 Å². The van der Waals surface area contributed by atoms with Crippen LogP contribution in [0.5, 0.6) is 0 Å². The number of rotatable bonds is 14. The lowest BCUT2D eigenvalue weighted by Gasteiger charge is -2.37. The quantitative estimate of drug-likeness (QED) is 0.244. The first kappa shape index (κ1) is 33.5. The number of likely N-dealkylation sites (N-methyl/N-ethyl adjacent to an activating group) is 3. The zero-order valence-corrected chi connectivity index (χ0v) is 23.8. The van der Waals surface area contributed by atoms with Crippen LogP contribution in [0.15, 0.2) is 30.3 Å². The largest absolute Gasteiger partial charge is 0.480 e. The van der Waals surface area contributed by atoms with Crippen LogP contribution in [-0.4, -0.2) is 112 Å². The van der Waals surface area contributed by atoms with Crippen LogP contribution in [-0.2, 0) is 30.4 Å². The van der Waals surface area contributed by atoms with E-state index in [-0.39, 0.29) is 12.3 Å². The zero-order chi connectivity index (χ0) is 30.0. The fourth-order valence-corrected chi connectivity index (χ4v) is 4.08. The van der Waals surface area contributed by atoms with Gasteiger partial charge in [0.2, 0.25) is 23.6 Å². The van der Waals surface area contributed by atoms with Gasteiger partial charge in [-0.25, -0.2) is 4.79 Å². The third-order valence-corrected chi connectivity index (χ3v) is 6.66. The molecule has 4 amide bonds. The Labute approximate surface area is 230 Å². The molecule has 0 heterocycles. The highest BCUT2D eigenvalue weighted by molar-refractivity contribution is 5.95. The molecule has 0 saturated carbocycles. The molecule has 0 saturated heterocycles. The lowest BCUT2D eigenvalue weighted by molar-refractivity contribution is -0.152. The Morgan fingerprint density at radius 2 is 1.38 bits per heavy atom. The molecule has 0 aliphatic carbocycles. The van der Waals surface area contributed by atoms with Crippen molar-refractivity contribution in [1.82, 2.24) is 20.0 Å². The molecule has 0 radical (unpaired) electrons. The van der Waals surface area contributed by atoms with E-state index >= 15 is 0 Å². The number of carbonyl (C=O) groups excluding carboxylic acids is 4. The number of nitrogens with zero attached hydrogens (tertiary/aromatic N) is 3. The van der Waals surface area contributed by atoms with Gasteiger partial charge < -0.3 is 36.0 Å². The average Bonchev–Trinajstić information content (AvgIpc) is 2.90. The maximum Gasteiger partial charge on any atom is 0.328 e. The van der Waals surface area contributed by atoms with Crippen LogP contribution in [0.4, 0.5) is 0 Å². The molecule has 1 aromatic carbocycles. The van der Waals surface area contributed by atoms with Gasteiger partial charge in [0.25, 0.3) is 0 Å². The third kappa shape index (κ3) is 9.32. The first-order chi connectivity index (χ1) is 18.1. The summed E-state index contributed by atoms with van der Waals surface area (Å²) in [6, 6.07) is 3.51. The highest BCUT2D eigenvalue weighted by atomic mass is 16.4. The number of aliphatic hydroxyl groups is 1. The fraction of sp³-hybridized carbons (Fsp3) is 0.593. The fourth-order valence-electron chi connectivity index (χ4n) is 4.08. The Balaban J connectivity index is 3.25. The van der Waals surface area contributed by atoms with E-state index < -0.39 is 66.4 Å². The molecule has 0 bridgehead atoms. The first-order valence-electron chi connectivity index (χ1n) is 12.9. The molecule has 1 aromatic rings. The Kier molecular flexibility index (Phi) is 13.0. The summed E-state index contributed by atoms with van der Waals surface area (Å²) >= 11 is 0. The Morgan fingerprint density at radius 1 is 0.846 bits per heavy atom. The average molecular weight is 550 g/mol. The summed E-state index contributed by atoms with van der Waals surface area (Å²) in [5, 5.41) is 20.9. The van der Waals surface area contributed by atoms with Crippen molar-refractivity contribution in [2.45, 2.75) is 70.7 Å². The number of aliphatic hydroxyl groups excluding tert-OH is 1. The first-order valence-corrected chi connectivity index (χ1v) is 12.9. The van der Waals surface area contributed by atoms with E-state index in [9.17, 15) is 34.2 Å². The Bertz CT molecular complexity index is 1000. The van der Waals surface area contributed by atoms with Gasteiger partial charge in [-0.05, 0) is 31.7 Å². The number of amides is 4. The highest BCUT2D eigenvalue weighted by Crippen LogP contribution is 2.17. The van der Waals surface area contributed by atoms with Crippen molar-refractivity contribution in [3.63, 3.8) is 0 Å². The van der Waals surface area contributed by atoms with Gasteiger partial charge in [0.15, 0.2) is 0 Å². The molecule has 39 heavy (non-hydrogen) atoms. The van der Waals surface area contributed by atoms with Crippen LogP contribution >= 0.6 is 0 Å². The van der Waals surface area contributed by atoms with Crippen molar-refractivity contribution in [2.75, 3.05) is 27.7 Å². The van der Waals surface area contributed by atoms with Crippen molar-refractivity contribution < 1.29 is 34.2 Å². The van der Waals surface area contributed by atoms with Gasteiger partial charge >= 0.3 is 5.97 Å². The molecular formula is C27H43N5O7. The summed E-state index contributed by atoms with van der Waals surface area (Å²) in [4.78, 5) is 67.8. The molecule has 5 N–H and O–H groups in total. The molecule has 0 spiro atoms. The predicted octanol–water partition coefficient (Wildman–Crippen LogP) is -0.315. The number of benzene rings is 1. The summed E-state index contributed by atoms with van der Waals surface area (Å²) < 4.78 is 0. The van der Waals surface area contributed by atoms with Crippen LogP contribution in [0.2, 0.25) is 0 Å². The summed E-state index contributed by atoms with van der Waals surface area (Å²) in [7, 11) is 4.36. The lowest BCUT2D eigenvalue weighted by Crippen LogP contribution is -2.59. The van der Waals surface area contributed by atoms with Crippen molar-refractivity contribution in [3.05, 3.63) is 35.9 Å². The number of hydrogen-bond acceptors (Lipinski definition) is 7. The molecule has 0 unspecified atom stereocenters. The predicted molar refractivity (Wildman–Crippen MR) is 145 cm³/mol. The van der Waals surface area contributed by atoms with Crippen molar-refractivity contribution >= 4 is 29.6 Å². The van der Waals surface area contributed by atoms with Crippen LogP contribution in [0, 0.1) is 5.92 Å². The zero-order valence-electron chi connectivity index (χ0n) is 23.8. The standard InChI is InChI=1S/C27H43N5O7/c1-16(2)13-22(32(7)24(35)17(3)28)26(37)30(5)18(4)25(36)31(6)21(14-19-11-9-8-10-12-19)23(34)29-20(15-33)27(38)39/h8-12,16-18,20-22,33H,13-15,28H2,1-7H3,(H,29,34)(H,38,39)/t17-,18+,20+,21+,22+/m1/s1. The molecule has 218 valence electrons. The number of nitrogens with two attached hydrogens (primary N) is 1. The molecule has 0 aliphatic rings. The van der Waals surface area contributed by atoms with Gasteiger partial charge in [0, 0.05) is 27.6 Å². The third-order valence-electron chi connectivity index (χ3n) is 6.66. The molecule has 1 rings (SSSR count). The number of carbonyl (C=O) groups is 5. The summed E-state index contributed by atoms with van der Waals surface area (Å²) in [6.45, 7) is 6.05. The number of carboxylic acids is 1. The molecule has 12 heteroatoms. The molecule has 0 fully saturated rings. The summed E-state index contributed by atoms with van der Waals surface area (Å²) in [6.07, 6.45) is 0.421. The maximum absolute atomic E-state index is 13.6. The number of aliphatic carboxylic acids is 1. The molecule has 5 atom stereocenters. The van der Waals surface area contributed by atoms with E-state index in [1.807, 2.05) is 13.8 Å². The van der Waals surface area contributed by atoms with E-state index in [1.54, 1.807) is 30.3 Å². The second-order valence-corrected chi connectivity index (χ2v) is 10.2. The number of nitrogens with one attached hydrogen (secondary N) is 1. The minimum Gasteiger partial charge on any atom is -0.480 e. The van der Waals surface area contributed by atoms with Crippen molar-refractivity contribution in [1.29, 1.82) is 0 Å². The highest BCUT2D eigenvalue weighted by Gasteiger charge is 2.37. The van der Waals surface area contributed by atoms with Crippen LogP contribution in [0.25, 0.3) is 0 Å². The van der Waals surface area contributed by atoms with Crippen LogP contribution < -0.4 is 11.1 Å². The number of carboxylic acid groups (broad SMARTS) is 1. The van der Waals surface area contributed by atoms with Crippen molar-refractivity contribution in [2.24, 2.45) is 11.7 Å². The molecular weight excluding hydrogens is 506 g/mol. The van der Waals surface area contributed by atoms with Crippen LogP contribution in [0.3, 0.4) is 0 Å². The minimum atomic E-state index is -1.55. The van der Waals surface area contributed by atoms with Gasteiger partial charge in [0.05, 0.1) is 12.6 Å². The van der Waals surface area contributed by atoms with Gasteiger partial charge in [-0.1, -0.05) is 44.2 Å². The summed E-state index contributed by atoms with van der Waals surface area (Å²) in [5.41, 5.74) is 6.47. The van der Waals surface area contributed by atoms with E-state index in [0.29, 0.717) is 6.42 Å². The van der Waals surface area contributed by atoms with E-state index in [2.05, 4.69) is 5.32 Å². The van der Waals surface area contributed by atoms with E-state index in [0.717, 1.165) is 5.56 Å².